The van der Waals surface area contributed by atoms with Crippen LogP contribution in [0.2, 0.25) is 0 Å². The summed E-state index contributed by atoms with van der Waals surface area (Å²) in [4.78, 5) is 37.2. The Morgan fingerprint density at radius 3 is 2.09 bits per heavy atom. The topological polar surface area (TPSA) is 361 Å². The van der Waals surface area contributed by atoms with Crippen molar-refractivity contribution in [3.63, 3.8) is 0 Å². The fourth-order valence-corrected chi connectivity index (χ4v) is 8.11. The van der Waals surface area contributed by atoms with Gasteiger partial charge >= 0.3 is 0 Å². The Morgan fingerprint density at radius 2 is 1.44 bits per heavy atom. The summed E-state index contributed by atoms with van der Waals surface area (Å²) in [6.07, 6.45) is -8.29. The van der Waals surface area contributed by atoms with Gasteiger partial charge in [-0.25, -0.2) is 0 Å². The van der Waals surface area contributed by atoms with Crippen LogP contribution < -0.4 is 33.1 Å². The molecule has 24 nitrogen and oxygen atoms in total. The lowest BCUT2D eigenvalue weighted by atomic mass is 9.78. The van der Waals surface area contributed by atoms with Gasteiger partial charge in [0, 0.05) is 25.4 Å². The van der Waals surface area contributed by atoms with E-state index in [0.717, 1.165) is 19.3 Å². The number of aliphatic hydroxyl groups excluding tert-OH is 7. The van der Waals surface area contributed by atoms with Crippen molar-refractivity contribution in [1.82, 2.24) is 26.6 Å². The number of carbonyl (C=O) groups excluding carboxylic acids is 3. The smallest absolute Gasteiger partial charge is 0.246 e. The van der Waals surface area contributed by atoms with Crippen molar-refractivity contribution in [3.8, 4) is 0 Å². The van der Waals surface area contributed by atoms with E-state index in [4.69, 9.17) is 44.6 Å². The van der Waals surface area contributed by atoms with Crippen molar-refractivity contribution in [3.05, 3.63) is 11.4 Å². The lowest BCUT2D eigenvalue weighted by Crippen LogP contribution is -2.69. The van der Waals surface area contributed by atoms with Crippen LogP contribution in [0.5, 0.6) is 0 Å². The van der Waals surface area contributed by atoms with E-state index in [-0.39, 0.29) is 31.4 Å². The molecule has 0 bridgehead atoms. The van der Waals surface area contributed by atoms with Crippen LogP contribution in [0.3, 0.4) is 0 Å². The molecule has 12 atom stereocenters. The highest BCUT2D eigenvalue weighted by molar-refractivity contribution is 5.86. The van der Waals surface area contributed by atoms with E-state index in [1.54, 1.807) is 0 Å². The van der Waals surface area contributed by atoms with Crippen molar-refractivity contribution in [2.24, 2.45) is 17.4 Å². The summed E-state index contributed by atoms with van der Waals surface area (Å²) >= 11 is 0. The highest BCUT2D eigenvalue weighted by Gasteiger charge is 2.56. The molecule has 0 radical (unpaired) electrons. The summed E-state index contributed by atoms with van der Waals surface area (Å²) in [7, 11) is 0. The second-order valence-electron chi connectivity index (χ2n) is 16.2. The molecular formula is C40H73N7O17. The van der Waals surface area contributed by atoms with Crippen LogP contribution in [0.1, 0.15) is 64.2 Å². The molecule has 1 aliphatic carbocycles. The van der Waals surface area contributed by atoms with Gasteiger partial charge in [0.15, 0.2) is 6.23 Å². The third-order valence-electron chi connectivity index (χ3n) is 11.6. The first-order chi connectivity index (χ1) is 30.9. The van der Waals surface area contributed by atoms with Gasteiger partial charge in [-0.1, -0.05) is 25.7 Å². The second-order valence-corrected chi connectivity index (χ2v) is 16.2. The lowest BCUT2D eigenvalue weighted by Gasteiger charge is -2.51. The van der Waals surface area contributed by atoms with Crippen molar-refractivity contribution in [2.75, 3.05) is 85.8 Å². The van der Waals surface area contributed by atoms with E-state index in [1.807, 2.05) is 0 Å². The first kappa shape index (κ1) is 53.7. The zero-order chi connectivity index (χ0) is 46.4. The van der Waals surface area contributed by atoms with Gasteiger partial charge in [0.2, 0.25) is 17.7 Å². The number of hydrogen-bond acceptors (Lipinski definition) is 21. The Labute approximate surface area is 373 Å². The molecule has 0 aromatic carbocycles. The van der Waals surface area contributed by atoms with Gasteiger partial charge in [-0.2, -0.15) is 0 Å². The van der Waals surface area contributed by atoms with Crippen LogP contribution in [0.15, 0.2) is 11.4 Å². The van der Waals surface area contributed by atoms with Crippen LogP contribution in [-0.4, -0.2) is 211 Å². The first-order valence-electron chi connectivity index (χ1n) is 22.4. The zero-order valence-electron chi connectivity index (χ0n) is 36.5. The highest BCUT2D eigenvalue weighted by Crippen LogP contribution is 2.39. The number of aliphatic hydroxyl groups is 7. The van der Waals surface area contributed by atoms with Gasteiger partial charge in [-0.05, 0) is 32.1 Å². The molecule has 64 heavy (non-hydrogen) atoms. The molecule has 0 saturated carbocycles. The zero-order valence-corrected chi connectivity index (χ0v) is 36.5. The van der Waals surface area contributed by atoms with E-state index in [0.29, 0.717) is 109 Å². The van der Waals surface area contributed by atoms with Crippen molar-refractivity contribution < 1.29 is 83.3 Å². The summed E-state index contributed by atoms with van der Waals surface area (Å²) in [5, 5.41) is 81.1. The number of hydrazine groups is 2. The number of nitrogens with zero attached hydrogens (tertiary/aromatic N) is 1. The molecule has 2 saturated heterocycles. The monoisotopic (exact) mass is 924 g/mol. The number of nitrogens with two attached hydrogens (primary N) is 2. The lowest BCUT2D eigenvalue weighted by molar-refractivity contribution is -0.304. The molecule has 4 rings (SSSR count). The average molecular weight is 924 g/mol. The van der Waals surface area contributed by atoms with E-state index in [1.165, 1.54) is 5.01 Å². The number of ether oxygens (including phenoxy) is 7. The number of allylic oxidation sites excluding steroid dienone is 1. The minimum Gasteiger partial charge on any atom is -0.394 e. The van der Waals surface area contributed by atoms with Crippen LogP contribution in [0.25, 0.3) is 0 Å². The summed E-state index contributed by atoms with van der Waals surface area (Å²) in [6, 6.07) is -0.834. The van der Waals surface area contributed by atoms with E-state index in [2.05, 4.69) is 21.6 Å². The van der Waals surface area contributed by atoms with Gasteiger partial charge in [-0.3, -0.25) is 19.4 Å². The second kappa shape index (κ2) is 29.0. The summed E-state index contributed by atoms with van der Waals surface area (Å²) in [6.45, 7) is 2.26. The van der Waals surface area contributed by atoms with Crippen LogP contribution in [0.4, 0.5) is 0 Å². The van der Waals surface area contributed by atoms with Gasteiger partial charge in [-0.15, -0.1) is 5.53 Å². The largest absolute Gasteiger partial charge is 0.394 e. The SMILES string of the molecule is NCCOCCOCCOCCOCCC(=O)N[C@H](CCCCCNC(=O)COC1CCCCCC2=C1NNN2[C@H]1O[C@H](CO)[C@@H](C2O[C@H](CO)[C@@H](O)[C@H](O)[C@H]2O)[C@H](O)[C@H]1O)C(N)=O. The van der Waals surface area contributed by atoms with Gasteiger partial charge in [0.05, 0.1) is 95.8 Å². The van der Waals surface area contributed by atoms with E-state index < -0.39 is 92.2 Å². The van der Waals surface area contributed by atoms with Crippen LogP contribution >= 0.6 is 0 Å². The molecule has 0 aromatic heterocycles. The highest BCUT2D eigenvalue weighted by atomic mass is 16.6. The Bertz CT molecular complexity index is 1420. The van der Waals surface area contributed by atoms with Gasteiger partial charge in [0.1, 0.15) is 49.3 Å². The number of hydrogen-bond donors (Lipinski definition) is 13. The van der Waals surface area contributed by atoms with Crippen molar-refractivity contribution in [2.45, 2.75) is 131 Å². The van der Waals surface area contributed by atoms with Gasteiger partial charge in [0.25, 0.3) is 0 Å². The summed E-state index contributed by atoms with van der Waals surface area (Å²) < 4.78 is 39.3. The van der Waals surface area contributed by atoms with Crippen molar-refractivity contribution in [1.29, 1.82) is 0 Å². The molecule has 3 aliphatic heterocycles. The minimum atomic E-state index is -1.73. The maximum Gasteiger partial charge on any atom is 0.246 e. The third kappa shape index (κ3) is 16.2. The number of unbranched alkanes of at least 4 members (excludes halogenated alkanes) is 2. The Balaban J connectivity index is 1.15. The Kier molecular flexibility index (Phi) is 24.3. The number of rotatable bonds is 29. The normalized spacial score (nSPS) is 30.2. The summed E-state index contributed by atoms with van der Waals surface area (Å²) in [5.41, 5.74) is 18.2. The van der Waals surface area contributed by atoms with Crippen molar-refractivity contribution >= 4 is 17.7 Å². The molecule has 24 heteroatoms. The average Bonchev–Trinajstić information content (AvgIpc) is 3.68. The van der Waals surface area contributed by atoms with Crippen LogP contribution in [0, 0.1) is 5.92 Å². The fourth-order valence-electron chi connectivity index (χ4n) is 8.11. The number of carbonyl (C=O) groups is 3. The predicted molar refractivity (Wildman–Crippen MR) is 223 cm³/mol. The number of primary amides is 1. The van der Waals surface area contributed by atoms with Gasteiger partial charge < -0.3 is 96.4 Å². The number of nitrogens with one attached hydrogen (secondary N) is 4. The van der Waals surface area contributed by atoms with Crippen LogP contribution in [-0.2, 0) is 47.5 Å². The Morgan fingerprint density at radius 1 is 0.766 bits per heavy atom. The molecule has 370 valence electrons. The van der Waals surface area contributed by atoms with E-state index >= 15 is 0 Å². The molecule has 0 aromatic rings. The molecule has 3 heterocycles. The molecule has 15 N–H and O–H groups in total. The first-order valence-corrected chi connectivity index (χ1v) is 22.4. The number of amides is 3. The standard InChI is InChI=1S/C40H73N7O17/c41-11-14-59-16-18-61-20-19-60-17-15-58-13-10-29(50)44-24(39(42)57)7-3-2-6-12-43-30(51)23-62-26-9-5-1-4-8-25-32(26)45-46-47(25)40-37(56)34(53)31(27(21-48)64-40)38-36(55)35(54)33(52)28(22-49)63-38/h24,26-28,31,33-38,40,45-46,48-49,52-56H,1-23,41H2,(H2,42,57)(H,43,51)(H,44,50)/t24-,26?,27-,28-,31-,33-,34+,35+,36-,37-,38?,40+/m1/s1. The Hall–Kier alpha value is -2.89. The maximum absolute atomic E-state index is 12.8. The molecule has 2 unspecified atom stereocenters. The molecule has 4 aliphatic rings. The fraction of sp³-hybridized carbons (Fsp3) is 0.875. The molecule has 3 amide bonds. The maximum atomic E-state index is 12.8. The van der Waals surface area contributed by atoms with E-state index in [9.17, 15) is 50.1 Å². The third-order valence-corrected chi connectivity index (χ3v) is 11.6. The minimum absolute atomic E-state index is 0.0544. The molecule has 0 spiro atoms. The summed E-state index contributed by atoms with van der Waals surface area (Å²) in [5.74, 6) is -2.60. The molecular weight excluding hydrogens is 850 g/mol. The quantitative estimate of drug-likeness (QED) is 0.0312. The molecule has 2 fully saturated rings. The predicted octanol–water partition coefficient (Wildman–Crippen LogP) is -5.17.